The van der Waals surface area contributed by atoms with Gasteiger partial charge in [-0.05, 0) is 11.0 Å². The van der Waals surface area contributed by atoms with Crippen LogP contribution in [0.4, 0.5) is 0 Å². The fraction of sp³-hybridized carbons (Fsp3) is 1.00. The third kappa shape index (κ3) is 3.84. The fourth-order valence-corrected chi connectivity index (χ4v) is 3.02. The van der Waals surface area contributed by atoms with Crippen molar-refractivity contribution < 1.29 is 0 Å². The minimum absolute atomic E-state index is 0.740. The summed E-state index contributed by atoms with van der Waals surface area (Å²) >= 11 is 0. The summed E-state index contributed by atoms with van der Waals surface area (Å²) < 4.78 is 0. The maximum Gasteiger partial charge on any atom is 0.0110 e. The van der Waals surface area contributed by atoms with Crippen LogP contribution in [0.2, 0.25) is 5.04 Å². The van der Waals surface area contributed by atoms with Gasteiger partial charge in [0.25, 0.3) is 0 Å². The van der Waals surface area contributed by atoms with Gasteiger partial charge in [-0.1, -0.05) is 66.2 Å². The lowest BCUT2D eigenvalue weighted by Crippen LogP contribution is -2.22. The molecular formula is C12H28Si. The molecule has 0 radical (unpaired) electrons. The minimum atomic E-state index is 0.740. The van der Waals surface area contributed by atoms with E-state index >= 15 is 0 Å². The maximum absolute atomic E-state index is 2.38. The first-order valence-corrected chi connectivity index (χ1v) is 7.14. The summed E-state index contributed by atoms with van der Waals surface area (Å²) in [5.41, 5.74) is 0. The third-order valence-corrected chi connectivity index (χ3v) is 6.23. The lowest BCUT2D eigenvalue weighted by atomic mass is 9.81. The Hall–Kier alpha value is 0.217. The van der Waals surface area contributed by atoms with Gasteiger partial charge in [-0.2, -0.15) is 0 Å². The summed E-state index contributed by atoms with van der Waals surface area (Å²) in [6, 6.07) is 0. The van der Waals surface area contributed by atoms with Crippen LogP contribution in [0.5, 0.6) is 0 Å². The highest BCUT2D eigenvalue weighted by atomic mass is 28.1. The Morgan fingerprint density at radius 1 is 1.08 bits per heavy atom. The smallest absolute Gasteiger partial charge is 0.0110 e. The first kappa shape index (κ1) is 13.2. The number of unbranched alkanes of at least 4 members (excludes halogenated alkanes) is 1. The Bertz CT molecular complexity index is 116. The van der Waals surface area contributed by atoms with Gasteiger partial charge in [-0.3, -0.25) is 0 Å². The molecule has 0 spiro atoms. The average Bonchev–Trinajstić information content (AvgIpc) is 2.18. The predicted molar refractivity (Wildman–Crippen MR) is 66.5 cm³/mol. The lowest BCUT2D eigenvalue weighted by Gasteiger charge is -2.36. The van der Waals surface area contributed by atoms with Crippen molar-refractivity contribution in [3.63, 3.8) is 0 Å². The zero-order valence-corrected chi connectivity index (χ0v) is 12.3. The van der Waals surface area contributed by atoms with Crippen LogP contribution in [0.1, 0.15) is 66.2 Å². The van der Waals surface area contributed by atoms with Crippen LogP contribution in [0, 0.1) is 5.92 Å². The predicted octanol–water partition coefficient (Wildman–Crippen LogP) is 3.55. The molecule has 0 aliphatic heterocycles. The molecule has 1 atom stereocenters. The van der Waals surface area contributed by atoms with Crippen molar-refractivity contribution in [1.29, 1.82) is 0 Å². The molecule has 0 aromatic heterocycles. The summed E-state index contributed by atoms with van der Waals surface area (Å²) in [5, 5.41) is 0.740. The summed E-state index contributed by atoms with van der Waals surface area (Å²) in [6.45, 7) is 9.44. The van der Waals surface area contributed by atoms with Crippen LogP contribution in [0.3, 0.4) is 0 Å². The van der Waals surface area contributed by atoms with Gasteiger partial charge in [0, 0.05) is 10.2 Å². The quantitative estimate of drug-likeness (QED) is 0.551. The van der Waals surface area contributed by atoms with E-state index in [2.05, 4.69) is 27.7 Å². The molecule has 0 aromatic carbocycles. The molecular weight excluding hydrogens is 172 g/mol. The molecule has 0 aliphatic carbocycles. The Balaban J connectivity index is 4.16. The third-order valence-electron chi connectivity index (χ3n) is 4.00. The van der Waals surface area contributed by atoms with Crippen LogP contribution in [0.15, 0.2) is 0 Å². The zero-order chi connectivity index (χ0) is 10.3. The van der Waals surface area contributed by atoms with Crippen LogP contribution >= 0.6 is 0 Å². The van der Waals surface area contributed by atoms with Gasteiger partial charge < -0.3 is 0 Å². The van der Waals surface area contributed by atoms with Gasteiger partial charge in [0.2, 0.25) is 0 Å². The van der Waals surface area contributed by atoms with Crippen molar-refractivity contribution in [3.05, 3.63) is 0 Å². The molecule has 0 rings (SSSR count). The lowest BCUT2D eigenvalue weighted by molar-refractivity contribution is 0.300. The zero-order valence-electron chi connectivity index (χ0n) is 10.3. The van der Waals surface area contributed by atoms with E-state index in [1.54, 1.807) is 0 Å². The highest BCUT2D eigenvalue weighted by Crippen LogP contribution is 2.43. The second kappa shape index (κ2) is 6.64. The van der Waals surface area contributed by atoms with E-state index in [-0.39, 0.29) is 0 Å². The van der Waals surface area contributed by atoms with E-state index in [0.29, 0.717) is 0 Å². The van der Waals surface area contributed by atoms with Crippen molar-refractivity contribution in [1.82, 2.24) is 0 Å². The van der Waals surface area contributed by atoms with Gasteiger partial charge in [-0.15, -0.1) is 0 Å². The number of hydrogen-bond donors (Lipinski definition) is 0. The molecule has 1 unspecified atom stereocenters. The maximum atomic E-state index is 2.38. The van der Waals surface area contributed by atoms with E-state index < -0.39 is 0 Å². The Kier molecular flexibility index (Phi) is 6.75. The highest BCUT2D eigenvalue weighted by molar-refractivity contribution is 6.15. The van der Waals surface area contributed by atoms with Gasteiger partial charge >= 0.3 is 0 Å². The highest BCUT2D eigenvalue weighted by Gasteiger charge is 2.28. The standard InChI is InChI=1S/C12H28Si/c1-5-9-10-11(6-2)12(13,7-3)8-4/h11H,5-10H2,1-4,13H3. The summed E-state index contributed by atoms with van der Waals surface area (Å²) in [7, 11) is 1.38. The van der Waals surface area contributed by atoms with Crippen molar-refractivity contribution in [2.24, 2.45) is 5.92 Å². The fourth-order valence-electron chi connectivity index (χ4n) is 2.32. The molecule has 1 heteroatoms. The minimum Gasteiger partial charge on any atom is -0.0654 e. The van der Waals surface area contributed by atoms with Gasteiger partial charge in [-0.25, -0.2) is 0 Å². The molecule has 0 aliphatic rings. The molecule has 80 valence electrons. The molecule has 0 nitrogen and oxygen atoms in total. The largest absolute Gasteiger partial charge is 0.0654 e. The molecule has 0 aromatic rings. The SMILES string of the molecule is CCCCC(CC)C([SiH3])(CC)CC. The molecule has 0 amide bonds. The molecule has 0 bridgehead atoms. The summed E-state index contributed by atoms with van der Waals surface area (Å²) in [4.78, 5) is 0. The molecule has 0 saturated carbocycles. The van der Waals surface area contributed by atoms with Crippen LogP contribution in [0.25, 0.3) is 0 Å². The van der Waals surface area contributed by atoms with Gasteiger partial charge in [0.15, 0.2) is 0 Å². The monoisotopic (exact) mass is 200 g/mol. The first-order valence-electron chi connectivity index (χ1n) is 6.14. The van der Waals surface area contributed by atoms with E-state index in [1.165, 1.54) is 48.8 Å². The second-order valence-corrected chi connectivity index (χ2v) is 6.60. The molecule has 13 heavy (non-hydrogen) atoms. The topological polar surface area (TPSA) is 0 Å². The molecule has 0 heterocycles. The molecule has 0 saturated heterocycles. The van der Waals surface area contributed by atoms with Crippen molar-refractivity contribution in [2.45, 2.75) is 71.3 Å². The number of rotatable bonds is 7. The Labute approximate surface area is 87.9 Å². The second-order valence-electron chi connectivity index (χ2n) is 4.61. The normalized spacial score (nSPS) is 14.8. The molecule has 0 N–H and O–H groups in total. The Morgan fingerprint density at radius 2 is 1.62 bits per heavy atom. The van der Waals surface area contributed by atoms with Crippen LogP contribution in [-0.2, 0) is 0 Å². The van der Waals surface area contributed by atoms with Crippen LogP contribution < -0.4 is 0 Å². The summed E-state index contributed by atoms with van der Waals surface area (Å²) in [5.74, 6) is 1.01. The average molecular weight is 200 g/mol. The summed E-state index contributed by atoms with van der Waals surface area (Å²) in [6.07, 6.45) is 8.46. The van der Waals surface area contributed by atoms with Gasteiger partial charge in [0.05, 0.1) is 0 Å². The van der Waals surface area contributed by atoms with Gasteiger partial charge in [0.1, 0.15) is 0 Å². The van der Waals surface area contributed by atoms with E-state index in [9.17, 15) is 0 Å². The van der Waals surface area contributed by atoms with Crippen molar-refractivity contribution >= 4 is 10.2 Å². The van der Waals surface area contributed by atoms with E-state index in [4.69, 9.17) is 0 Å². The van der Waals surface area contributed by atoms with Crippen molar-refractivity contribution in [2.75, 3.05) is 0 Å². The number of hydrogen-bond acceptors (Lipinski definition) is 0. The molecule has 0 fully saturated rings. The first-order chi connectivity index (χ1) is 6.14. The van der Waals surface area contributed by atoms with E-state index in [1.807, 2.05) is 0 Å². The van der Waals surface area contributed by atoms with Crippen LogP contribution in [-0.4, -0.2) is 10.2 Å². The Morgan fingerprint density at radius 3 is 1.92 bits per heavy atom. The van der Waals surface area contributed by atoms with Crippen molar-refractivity contribution in [3.8, 4) is 0 Å². The van der Waals surface area contributed by atoms with E-state index in [0.717, 1.165) is 11.0 Å².